The van der Waals surface area contributed by atoms with Gasteiger partial charge in [0.25, 0.3) is 0 Å². The Balaban J connectivity index is 1.87. The second-order valence-corrected chi connectivity index (χ2v) is 12.1. The van der Waals surface area contributed by atoms with Crippen LogP contribution in [0.3, 0.4) is 0 Å². The highest BCUT2D eigenvalue weighted by molar-refractivity contribution is 6.83. The van der Waals surface area contributed by atoms with E-state index >= 15 is 0 Å². The van der Waals surface area contributed by atoms with Crippen LogP contribution in [0, 0.1) is 11.5 Å². The van der Waals surface area contributed by atoms with Crippen LogP contribution in [0.15, 0.2) is 12.3 Å². The first kappa shape index (κ1) is 17.3. The number of pyridine rings is 1. The summed E-state index contributed by atoms with van der Waals surface area (Å²) in [6.07, 6.45) is 2.97. The quantitative estimate of drug-likeness (QED) is 0.673. The number of rotatable bonds is 3. The number of hydrogen-bond acceptors (Lipinski definition) is 5. The van der Waals surface area contributed by atoms with Gasteiger partial charge < -0.3 is 19.7 Å². The van der Waals surface area contributed by atoms with E-state index in [0.29, 0.717) is 6.04 Å². The third-order valence-electron chi connectivity index (χ3n) is 4.09. The first-order chi connectivity index (χ1) is 11.5. The summed E-state index contributed by atoms with van der Waals surface area (Å²) in [5, 5.41) is 3.60. The molecule has 1 aromatic rings. The lowest BCUT2D eigenvalue weighted by Gasteiger charge is -2.31. The van der Waals surface area contributed by atoms with Gasteiger partial charge in [0.1, 0.15) is 13.8 Å². The highest BCUT2D eigenvalue weighted by Crippen LogP contribution is 2.28. The van der Waals surface area contributed by atoms with Gasteiger partial charge in [0.2, 0.25) is 0 Å². The number of nitrogens with zero attached hydrogens (tertiary/aromatic N) is 2. The zero-order chi connectivity index (χ0) is 17.0. The second kappa shape index (κ2) is 7.56. The van der Waals surface area contributed by atoms with Gasteiger partial charge in [-0.05, 0) is 12.5 Å². The zero-order valence-corrected chi connectivity index (χ0v) is 15.9. The van der Waals surface area contributed by atoms with E-state index in [4.69, 9.17) is 9.47 Å². The molecule has 0 bridgehead atoms. The molecule has 3 rings (SSSR count). The molecule has 0 amide bonds. The first-order valence-corrected chi connectivity index (χ1v) is 12.2. The van der Waals surface area contributed by atoms with Crippen LogP contribution in [0.2, 0.25) is 19.6 Å². The summed E-state index contributed by atoms with van der Waals surface area (Å²) in [4.78, 5) is 6.93. The van der Waals surface area contributed by atoms with Crippen LogP contribution >= 0.6 is 0 Å². The number of hydrogen-bond donors (Lipinski definition) is 1. The fraction of sp³-hybridized carbons (Fsp3) is 0.611. The van der Waals surface area contributed by atoms with E-state index in [9.17, 15) is 0 Å². The third-order valence-corrected chi connectivity index (χ3v) is 4.96. The number of aromatic nitrogens is 1. The topological polar surface area (TPSA) is 46.6 Å². The van der Waals surface area contributed by atoms with Crippen molar-refractivity contribution in [2.45, 2.75) is 32.1 Å². The largest absolute Gasteiger partial charge is 0.379 e. The molecular weight excluding hydrogens is 318 g/mol. The summed E-state index contributed by atoms with van der Waals surface area (Å²) in [5.41, 5.74) is 6.51. The van der Waals surface area contributed by atoms with E-state index in [1.807, 2.05) is 6.20 Å². The number of morpholine rings is 1. The van der Waals surface area contributed by atoms with Gasteiger partial charge in [-0.2, -0.15) is 0 Å². The van der Waals surface area contributed by atoms with Gasteiger partial charge in [-0.1, -0.05) is 25.6 Å². The van der Waals surface area contributed by atoms with Gasteiger partial charge in [0, 0.05) is 19.7 Å². The Labute approximate surface area is 145 Å². The van der Waals surface area contributed by atoms with Crippen LogP contribution in [-0.2, 0) is 9.47 Å². The minimum absolute atomic E-state index is 0.366. The summed E-state index contributed by atoms with van der Waals surface area (Å²) < 4.78 is 11.0. The minimum Gasteiger partial charge on any atom is -0.379 e. The maximum Gasteiger partial charge on any atom is 0.129 e. The molecule has 1 unspecified atom stereocenters. The molecule has 6 heteroatoms. The summed E-state index contributed by atoms with van der Waals surface area (Å²) in [7, 11) is -1.41. The van der Waals surface area contributed by atoms with E-state index in [1.54, 1.807) is 0 Å². The predicted molar refractivity (Wildman–Crippen MR) is 100 cm³/mol. The molecule has 2 fully saturated rings. The second-order valence-electron chi connectivity index (χ2n) is 7.39. The summed E-state index contributed by atoms with van der Waals surface area (Å²) in [6, 6.07) is 2.49. The molecule has 1 atom stereocenters. The molecule has 130 valence electrons. The van der Waals surface area contributed by atoms with Crippen molar-refractivity contribution < 1.29 is 9.47 Å². The van der Waals surface area contributed by atoms with Crippen molar-refractivity contribution in [1.29, 1.82) is 0 Å². The molecule has 0 aliphatic carbocycles. The van der Waals surface area contributed by atoms with Gasteiger partial charge in [0.05, 0.1) is 43.4 Å². The Morgan fingerprint density at radius 3 is 2.67 bits per heavy atom. The lowest BCUT2D eigenvalue weighted by molar-refractivity contribution is 0.122. The smallest absolute Gasteiger partial charge is 0.129 e. The highest BCUT2D eigenvalue weighted by atomic mass is 28.3. The van der Waals surface area contributed by atoms with Crippen LogP contribution in [0.4, 0.5) is 11.4 Å². The highest BCUT2D eigenvalue weighted by Gasteiger charge is 2.20. The average molecular weight is 346 g/mol. The normalized spacial score (nSPS) is 21.3. The molecule has 0 radical (unpaired) electrons. The van der Waals surface area contributed by atoms with Gasteiger partial charge in [-0.15, -0.1) is 5.54 Å². The van der Waals surface area contributed by atoms with E-state index < -0.39 is 8.07 Å². The monoisotopic (exact) mass is 345 g/mol. The van der Waals surface area contributed by atoms with Gasteiger partial charge in [0.15, 0.2) is 0 Å². The van der Waals surface area contributed by atoms with Crippen LogP contribution in [0.25, 0.3) is 0 Å². The molecule has 2 aliphatic heterocycles. The third kappa shape index (κ3) is 4.73. The van der Waals surface area contributed by atoms with Crippen LogP contribution in [-0.4, -0.2) is 58.6 Å². The van der Waals surface area contributed by atoms with Crippen molar-refractivity contribution in [1.82, 2.24) is 4.98 Å². The van der Waals surface area contributed by atoms with Crippen molar-refractivity contribution in [3.8, 4) is 11.5 Å². The van der Waals surface area contributed by atoms with Crippen molar-refractivity contribution >= 4 is 19.4 Å². The lowest BCUT2D eigenvalue weighted by atomic mass is 10.2. The Morgan fingerprint density at radius 2 is 2.00 bits per heavy atom. The summed E-state index contributed by atoms with van der Waals surface area (Å²) in [5.74, 6) is 3.28. The van der Waals surface area contributed by atoms with Crippen LogP contribution < -0.4 is 10.2 Å². The molecule has 1 N–H and O–H groups in total. The summed E-state index contributed by atoms with van der Waals surface area (Å²) in [6.45, 7) is 11.7. The molecule has 3 heterocycles. The predicted octanol–water partition coefficient (Wildman–Crippen LogP) is 2.35. The van der Waals surface area contributed by atoms with Crippen molar-refractivity contribution in [3.05, 3.63) is 18.0 Å². The van der Waals surface area contributed by atoms with Crippen molar-refractivity contribution in [3.63, 3.8) is 0 Å². The van der Waals surface area contributed by atoms with E-state index in [0.717, 1.165) is 57.3 Å². The lowest BCUT2D eigenvalue weighted by Crippen LogP contribution is -2.37. The molecular formula is C18H27N3O2Si. The molecule has 1 aromatic heterocycles. The van der Waals surface area contributed by atoms with Gasteiger partial charge in [-0.3, -0.25) is 0 Å². The maximum atomic E-state index is 5.50. The summed E-state index contributed by atoms with van der Waals surface area (Å²) >= 11 is 0. The van der Waals surface area contributed by atoms with E-state index in [-0.39, 0.29) is 0 Å². The van der Waals surface area contributed by atoms with Crippen molar-refractivity contribution in [2.75, 3.05) is 49.7 Å². The molecule has 0 aromatic carbocycles. The van der Waals surface area contributed by atoms with E-state index in [2.05, 4.69) is 52.4 Å². The number of nitrogens with one attached hydrogen (secondary N) is 1. The molecule has 24 heavy (non-hydrogen) atoms. The fourth-order valence-corrected chi connectivity index (χ4v) is 3.31. The van der Waals surface area contributed by atoms with Gasteiger partial charge in [-0.25, -0.2) is 4.98 Å². The Hall–Kier alpha value is -1.55. The van der Waals surface area contributed by atoms with Crippen molar-refractivity contribution in [2.24, 2.45) is 0 Å². The number of ether oxygens (including phenoxy) is 2. The SMILES string of the molecule is C[Si](C)(C)C#Cc1cc(N2CCOCC2)c(NC2CCOC2)cn1. The Kier molecular flexibility index (Phi) is 5.44. The van der Waals surface area contributed by atoms with Crippen LogP contribution in [0.1, 0.15) is 12.1 Å². The molecule has 5 nitrogen and oxygen atoms in total. The molecule has 2 aliphatic rings. The van der Waals surface area contributed by atoms with Gasteiger partial charge >= 0.3 is 0 Å². The fourth-order valence-electron chi connectivity index (χ4n) is 2.81. The number of anilines is 2. The molecule has 0 spiro atoms. The first-order valence-electron chi connectivity index (χ1n) is 8.71. The van der Waals surface area contributed by atoms with E-state index in [1.165, 1.54) is 5.69 Å². The standard InChI is InChI=1S/C18H27N3O2Si/c1-24(2,3)11-5-15-12-18(21-6-9-22-10-7-21)17(13-19-15)20-16-4-8-23-14-16/h12-13,16,20H,4,6-10,14H2,1-3H3. The maximum absolute atomic E-state index is 5.50. The Morgan fingerprint density at radius 1 is 1.21 bits per heavy atom. The average Bonchev–Trinajstić information content (AvgIpc) is 3.07. The molecule has 0 saturated carbocycles. The molecule has 2 saturated heterocycles. The zero-order valence-electron chi connectivity index (χ0n) is 14.9. The Bertz CT molecular complexity index is 621. The minimum atomic E-state index is -1.41. The van der Waals surface area contributed by atoms with Crippen LogP contribution in [0.5, 0.6) is 0 Å².